The Morgan fingerprint density at radius 2 is 1.47 bits per heavy atom. The Bertz CT molecular complexity index is 332. The van der Waals surface area contributed by atoms with E-state index in [1.165, 1.54) is 0 Å². The standard InChI is InChI=1S/C6H2BF5O2.FH/c8-4-2-1-3(5(9)6(4)10)7(13-11)14-12;/h1-2H;1H. The van der Waals surface area contributed by atoms with Crippen molar-refractivity contribution in [2.75, 3.05) is 0 Å². The van der Waals surface area contributed by atoms with Crippen molar-refractivity contribution in [2.45, 2.75) is 0 Å². The topological polar surface area (TPSA) is 18.5 Å². The van der Waals surface area contributed by atoms with Crippen LogP contribution in [-0.2, 0) is 9.72 Å². The van der Waals surface area contributed by atoms with E-state index in [9.17, 15) is 22.2 Å². The van der Waals surface area contributed by atoms with E-state index >= 15 is 0 Å². The molecule has 0 saturated carbocycles. The Morgan fingerprint density at radius 3 is 1.93 bits per heavy atom. The van der Waals surface area contributed by atoms with Gasteiger partial charge in [0.2, 0.25) is 0 Å². The monoisotopic (exact) mass is 232 g/mol. The van der Waals surface area contributed by atoms with Gasteiger partial charge in [-0.2, -0.15) is 0 Å². The SMILES string of the molecule is F.FOB(OF)c1ccc(F)c(F)c1F. The first kappa shape index (κ1) is 13.8. The van der Waals surface area contributed by atoms with Crippen LogP contribution in [-0.4, -0.2) is 7.12 Å². The van der Waals surface area contributed by atoms with Gasteiger partial charge in [-0.1, -0.05) is 15.1 Å². The molecule has 0 atom stereocenters. The van der Waals surface area contributed by atoms with Crippen LogP contribution in [0.3, 0.4) is 0 Å². The molecule has 0 radical (unpaired) electrons. The van der Waals surface area contributed by atoms with Gasteiger partial charge >= 0.3 is 7.12 Å². The number of benzene rings is 1. The average molecular weight is 232 g/mol. The van der Waals surface area contributed by atoms with Gasteiger partial charge in [0.1, 0.15) is 0 Å². The van der Waals surface area contributed by atoms with Gasteiger partial charge in [0.25, 0.3) is 0 Å². The van der Waals surface area contributed by atoms with Crippen molar-refractivity contribution in [3.8, 4) is 0 Å². The molecular formula is C6H3BF6O2. The molecule has 0 amide bonds. The fourth-order valence-electron chi connectivity index (χ4n) is 0.833. The van der Waals surface area contributed by atoms with Crippen molar-refractivity contribution >= 4 is 12.6 Å². The van der Waals surface area contributed by atoms with E-state index in [2.05, 4.69) is 9.72 Å². The van der Waals surface area contributed by atoms with E-state index in [1.807, 2.05) is 0 Å². The highest BCUT2D eigenvalue weighted by molar-refractivity contribution is 6.60. The second-order valence-corrected chi connectivity index (χ2v) is 2.27. The highest BCUT2D eigenvalue weighted by Crippen LogP contribution is 2.09. The van der Waals surface area contributed by atoms with Crippen molar-refractivity contribution in [2.24, 2.45) is 0 Å². The third kappa shape index (κ3) is 2.63. The minimum atomic E-state index is -2.37. The molecule has 2 nitrogen and oxygen atoms in total. The molecule has 0 saturated heterocycles. The smallest absolute Gasteiger partial charge is 0.269 e. The molecular weight excluding hydrogens is 229 g/mol. The van der Waals surface area contributed by atoms with E-state index in [-0.39, 0.29) is 4.70 Å². The fraction of sp³-hybridized carbons (Fsp3) is 0. The van der Waals surface area contributed by atoms with Gasteiger partial charge in [0.15, 0.2) is 17.5 Å². The molecule has 15 heavy (non-hydrogen) atoms. The lowest BCUT2D eigenvalue weighted by Crippen LogP contribution is -2.36. The molecule has 9 heteroatoms. The quantitative estimate of drug-likeness (QED) is 0.449. The zero-order valence-electron chi connectivity index (χ0n) is 6.85. The third-order valence-corrected chi connectivity index (χ3v) is 1.48. The van der Waals surface area contributed by atoms with Crippen molar-refractivity contribution < 1.29 is 36.6 Å². The van der Waals surface area contributed by atoms with Gasteiger partial charge in [0.05, 0.1) is 0 Å². The van der Waals surface area contributed by atoms with Gasteiger partial charge in [-0.3, -0.25) is 4.70 Å². The van der Waals surface area contributed by atoms with Gasteiger partial charge in [-0.15, -0.1) is 0 Å². The number of rotatable bonds is 3. The van der Waals surface area contributed by atoms with Gasteiger partial charge in [-0.05, 0) is 6.07 Å². The van der Waals surface area contributed by atoms with Gasteiger partial charge < -0.3 is 0 Å². The molecule has 0 aliphatic heterocycles. The molecule has 0 fully saturated rings. The molecule has 0 spiro atoms. The maximum absolute atomic E-state index is 12.8. The molecule has 84 valence electrons. The van der Waals surface area contributed by atoms with Gasteiger partial charge in [0, 0.05) is 5.46 Å². The second-order valence-electron chi connectivity index (χ2n) is 2.27. The summed E-state index contributed by atoms with van der Waals surface area (Å²) in [5.41, 5.74) is -0.922. The van der Waals surface area contributed by atoms with Crippen LogP contribution in [0, 0.1) is 17.5 Å². The molecule has 1 rings (SSSR count). The van der Waals surface area contributed by atoms with Crippen molar-refractivity contribution in [3.05, 3.63) is 29.6 Å². The fourth-order valence-corrected chi connectivity index (χ4v) is 0.833. The summed E-state index contributed by atoms with van der Waals surface area (Å²) in [4.78, 5) is 5.67. The zero-order valence-corrected chi connectivity index (χ0v) is 6.85. The first-order valence-electron chi connectivity index (χ1n) is 3.30. The van der Waals surface area contributed by atoms with E-state index in [1.54, 1.807) is 0 Å². The first-order chi connectivity index (χ1) is 6.61. The molecule has 0 bridgehead atoms. The summed E-state index contributed by atoms with van der Waals surface area (Å²) in [6, 6.07) is 1.08. The van der Waals surface area contributed by atoms with Crippen LogP contribution in [0.15, 0.2) is 12.1 Å². The first-order valence-corrected chi connectivity index (χ1v) is 3.30. The number of hydrogen-bond donors (Lipinski definition) is 0. The molecule has 0 N–H and O–H groups in total. The lowest BCUT2D eigenvalue weighted by atomic mass is 9.79. The summed E-state index contributed by atoms with van der Waals surface area (Å²) < 4.78 is 60.7. The summed E-state index contributed by atoms with van der Waals surface area (Å²) in [5, 5.41) is 0. The van der Waals surface area contributed by atoms with Crippen LogP contribution in [0.1, 0.15) is 0 Å². The Kier molecular flexibility index (Phi) is 5.16. The number of halogens is 6. The molecule has 1 aromatic rings. The van der Waals surface area contributed by atoms with Crippen molar-refractivity contribution in [1.29, 1.82) is 0 Å². The largest absolute Gasteiger partial charge is 0.571 e. The molecule has 0 heterocycles. The highest BCUT2D eigenvalue weighted by Gasteiger charge is 2.30. The summed E-state index contributed by atoms with van der Waals surface area (Å²) >= 11 is 0. The summed E-state index contributed by atoms with van der Waals surface area (Å²) in [7, 11) is -2.37. The van der Waals surface area contributed by atoms with Crippen LogP contribution >= 0.6 is 0 Å². The minimum Gasteiger partial charge on any atom is -0.269 e. The van der Waals surface area contributed by atoms with Crippen molar-refractivity contribution in [3.63, 3.8) is 0 Å². The second kappa shape index (κ2) is 5.61. The van der Waals surface area contributed by atoms with Gasteiger partial charge in [-0.25, -0.2) is 22.9 Å². The summed E-state index contributed by atoms with van der Waals surface area (Å²) in [6.07, 6.45) is 0. The van der Waals surface area contributed by atoms with E-state index in [0.29, 0.717) is 12.1 Å². The summed E-state index contributed by atoms with van der Waals surface area (Å²) in [5.74, 6) is -5.12. The predicted octanol–water partition coefficient (Wildman–Crippen LogP) is 1.75. The lowest BCUT2D eigenvalue weighted by Gasteiger charge is -2.04. The molecule has 0 aliphatic rings. The van der Waals surface area contributed by atoms with Crippen LogP contribution in [0.25, 0.3) is 0 Å². The maximum Gasteiger partial charge on any atom is 0.571 e. The lowest BCUT2D eigenvalue weighted by molar-refractivity contribution is -0.100. The van der Waals surface area contributed by atoms with E-state index in [0.717, 1.165) is 0 Å². The van der Waals surface area contributed by atoms with Crippen LogP contribution in [0.2, 0.25) is 0 Å². The summed E-state index contributed by atoms with van der Waals surface area (Å²) in [6.45, 7) is 0. The Balaban J connectivity index is 0.00000196. The Hall–Kier alpha value is -1.22. The predicted molar refractivity (Wildman–Crippen MR) is 38.6 cm³/mol. The number of hydrogen-bond acceptors (Lipinski definition) is 2. The zero-order chi connectivity index (χ0) is 10.7. The highest BCUT2D eigenvalue weighted by atomic mass is 19.3. The van der Waals surface area contributed by atoms with Crippen LogP contribution in [0.4, 0.5) is 26.9 Å². The normalized spacial score (nSPS) is 9.67. The Morgan fingerprint density at radius 1 is 0.933 bits per heavy atom. The molecule has 0 aromatic heterocycles. The van der Waals surface area contributed by atoms with Crippen LogP contribution < -0.4 is 5.46 Å². The van der Waals surface area contributed by atoms with Crippen molar-refractivity contribution in [1.82, 2.24) is 0 Å². The Labute approximate surface area is 79.9 Å². The average Bonchev–Trinajstić information content (AvgIpc) is 2.19. The third-order valence-electron chi connectivity index (χ3n) is 1.48. The molecule has 0 unspecified atom stereocenters. The van der Waals surface area contributed by atoms with E-state index in [4.69, 9.17) is 0 Å². The minimum absolute atomic E-state index is 0. The molecule has 0 aliphatic carbocycles. The maximum atomic E-state index is 12.8. The molecule has 1 aromatic carbocycles. The van der Waals surface area contributed by atoms with E-state index < -0.39 is 30.0 Å². The van der Waals surface area contributed by atoms with Crippen LogP contribution in [0.5, 0.6) is 0 Å².